The first kappa shape index (κ1) is 18.0. The zero-order valence-electron chi connectivity index (χ0n) is 17.9. The maximum Gasteiger partial charge on any atom is 0.333 e. The van der Waals surface area contributed by atoms with Crippen LogP contribution in [0.25, 0.3) is 0 Å². The quantitative estimate of drug-likeness (QED) is 0.440. The molecule has 0 heterocycles. The highest BCUT2D eigenvalue weighted by atomic mass is 16.6. The van der Waals surface area contributed by atoms with Gasteiger partial charge < -0.3 is 4.74 Å². The van der Waals surface area contributed by atoms with Crippen LogP contribution in [0.2, 0.25) is 0 Å². The van der Waals surface area contributed by atoms with Crippen LogP contribution >= 0.6 is 0 Å². The number of carbonyl (C=O) groups excluding carboxylic acids is 1. The Morgan fingerprint density at radius 3 is 1.71 bits per heavy atom. The van der Waals surface area contributed by atoms with Gasteiger partial charge in [-0.1, -0.05) is 19.4 Å². The van der Waals surface area contributed by atoms with Crippen molar-refractivity contribution in [2.75, 3.05) is 0 Å². The first-order chi connectivity index (χ1) is 13.5. The van der Waals surface area contributed by atoms with E-state index in [1.807, 2.05) is 6.92 Å². The van der Waals surface area contributed by atoms with E-state index >= 15 is 0 Å². The highest BCUT2D eigenvalue weighted by Crippen LogP contribution is 2.69. The van der Waals surface area contributed by atoms with Crippen molar-refractivity contribution in [1.82, 2.24) is 0 Å². The number of ether oxygens (including phenoxy) is 1. The Bertz CT molecular complexity index is 653. The molecule has 0 aromatic carbocycles. The Hall–Kier alpha value is -0.790. The molecular formula is C26H38O2. The number of esters is 1. The Morgan fingerprint density at radius 1 is 0.786 bits per heavy atom. The summed E-state index contributed by atoms with van der Waals surface area (Å²) in [5.41, 5.74) is 0.325. The lowest BCUT2D eigenvalue weighted by Gasteiger charge is -2.50. The van der Waals surface area contributed by atoms with Crippen molar-refractivity contribution < 1.29 is 9.53 Å². The third-order valence-electron chi connectivity index (χ3n) is 11.0. The van der Waals surface area contributed by atoms with Gasteiger partial charge in [0.05, 0.1) is 0 Å². The van der Waals surface area contributed by atoms with E-state index in [4.69, 9.17) is 4.74 Å². The molecule has 0 N–H and O–H groups in total. The predicted octanol–water partition coefficient (Wildman–Crippen LogP) is 6.01. The Morgan fingerprint density at radius 2 is 1.25 bits per heavy atom. The molecule has 6 saturated carbocycles. The molecule has 0 aliphatic heterocycles. The van der Waals surface area contributed by atoms with Gasteiger partial charge >= 0.3 is 5.97 Å². The van der Waals surface area contributed by atoms with Crippen molar-refractivity contribution in [3.8, 4) is 0 Å². The summed E-state index contributed by atoms with van der Waals surface area (Å²) in [5, 5.41) is 0. The smallest absolute Gasteiger partial charge is 0.333 e. The van der Waals surface area contributed by atoms with Crippen LogP contribution in [-0.2, 0) is 9.53 Å². The van der Waals surface area contributed by atoms with Crippen LogP contribution in [0, 0.1) is 59.2 Å². The summed E-state index contributed by atoms with van der Waals surface area (Å²) >= 11 is 0. The predicted molar refractivity (Wildman–Crippen MR) is 110 cm³/mol. The van der Waals surface area contributed by atoms with E-state index in [1.165, 1.54) is 64.2 Å². The van der Waals surface area contributed by atoms with Crippen molar-refractivity contribution in [2.24, 2.45) is 59.2 Å². The van der Waals surface area contributed by atoms with E-state index in [2.05, 4.69) is 13.5 Å². The van der Waals surface area contributed by atoms with Crippen LogP contribution < -0.4 is 0 Å². The zero-order chi connectivity index (χ0) is 19.2. The molecule has 0 spiro atoms. The van der Waals surface area contributed by atoms with Crippen LogP contribution in [0.1, 0.15) is 78.1 Å². The molecule has 0 aromatic rings. The molecule has 2 heteroatoms. The summed E-state index contributed by atoms with van der Waals surface area (Å²) in [6.07, 6.45) is 14.2. The maximum atomic E-state index is 12.8. The second-order valence-corrected chi connectivity index (χ2v) is 11.9. The number of carbonyl (C=O) groups is 1. The monoisotopic (exact) mass is 382 g/mol. The number of fused-ring (bicyclic) bond motifs is 10. The molecule has 0 amide bonds. The molecule has 4 bridgehead atoms. The van der Waals surface area contributed by atoms with E-state index in [-0.39, 0.29) is 11.6 Å². The zero-order valence-corrected chi connectivity index (χ0v) is 17.9. The molecule has 0 saturated heterocycles. The molecule has 2 nitrogen and oxygen atoms in total. The third kappa shape index (κ3) is 2.30. The van der Waals surface area contributed by atoms with Crippen molar-refractivity contribution in [3.63, 3.8) is 0 Å². The van der Waals surface area contributed by atoms with Crippen LogP contribution in [0.15, 0.2) is 12.2 Å². The minimum absolute atomic E-state index is 0.126. The van der Waals surface area contributed by atoms with E-state index in [1.54, 1.807) is 0 Å². The lowest BCUT2D eigenvalue weighted by Crippen LogP contribution is -2.53. The summed E-state index contributed by atoms with van der Waals surface area (Å²) in [6.45, 7) is 8.12. The fraction of sp³-hybridized carbons (Fsp3) is 0.885. The number of hydrogen-bond donors (Lipinski definition) is 0. The van der Waals surface area contributed by atoms with Gasteiger partial charge in [0.1, 0.15) is 5.60 Å². The summed E-state index contributed by atoms with van der Waals surface area (Å²) in [6, 6.07) is 0. The van der Waals surface area contributed by atoms with Crippen molar-refractivity contribution in [1.29, 1.82) is 0 Å². The van der Waals surface area contributed by atoms with Gasteiger partial charge in [-0.3, -0.25) is 0 Å². The fourth-order valence-corrected chi connectivity index (χ4v) is 10.2. The van der Waals surface area contributed by atoms with Crippen molar-refractivity contribution >= 4 is 5.97 Å². The van der Waals surface area contributed by atoms with E-state index in [0.29, 0.717) is 17.4 Å². The molecule has 6 fully saturated rings. The molecular weight excluding hydrogens is 344 g/mol. The third-order valence-corrected chi connectivity index (χ3v) is 11.0. The Kier molecular flexibility index (Phi) is 3.93. The molecule has 0 radical (unpaired) electrons. The molecule has 6 aliphatic rings. The Labute approximate surface area is 170 Å². The van der Waals surface area contributed by atoms with E-state index in [0.717, 1.165) is 47.3 Å². The lowest BCUT2D eigenvalue weighted by atomic mass is 9.60. The summed E-state index contributed by atoms with van der Waals surface area (Å²) in [4.78, 5) is 12.8. The molecule has 10 atom stereocenters. The summed E-state index contributed by atoms with van der Waals surface area (Å²) < 4.78 is 6.53. The molecule has 0 aromatic heterocycles. The average Bonchev–Trinajstić information content (AvgIpc) is 3.48. The lowest BCUT2D eigenvalue weighted by molar-refractivity contribution is -0.179. The van der Waals surface area contributed by atoms with Crippen LogP contribution in [0.5, 0.6) is 0 Å². The molecule has 6 rings (SSSR count). The minimum atomic E-state index is -0.254. The Balaban J connectivity index is 1.33. The standard InChI is InChI=1S/C26H38O2/c1-14(2)25(27)28-26(3,23-12-15-10-21(23)19-8-4-6-17(15)19)24-13-16-11-22(24)20-9-5-7-18(16)20/h15-24H,1,4-13H2,2-3H3. The van der Waals surface area contributed by atoms with Gasteiger partial charge in [-0.05, 0) is 113 Å². The van der Waals surface area contributed by atoms with Gasteiger partial charge in [0.15, 0.2) is 0 Å². The van der Waals surface area contributed by atoms with Crippen LogP contribution in [0.3, 0.4) is 0 Å². The normalized spacial score (nSPS) is 52.5. The van der Waals surface area contributed by atoms with Crippen LogP contribution in [-0.4, -0.2) is 11.6 Å². The first-order valence-corrected chi connectivity index (χ1v) is 12.4. The largest absolute Gasteiger partial charge is 0.455 e. The highest BCUT2D eigenvalue weighted by Gasteiger charge is 2.65. The molecule has 6 aliphatic carbocycles. The number of hydrogen-bond acceptors (Lipinski definition) is 2. The number of rotatable bonds is 4. The van der Waals surface area contributed by atoms with Crippen LogP contribution in [0.4, 0.5) is 0 Å². The second-order valence-electron chi connectivity index (χ2n) is 11.9. The van der Waals surface area contributed by atoms with E-state index < -0.39 is 0 Å². The highest BCUT2D eigenvalue weighted by molar-refractivity contribution is 5.87. The van der Waals surface area contributed by atoms with Gasteiger partial charge in [0, 0.05) is 17.4 Å². The SMILES string of the molecule is C=C(C)C(=O)OC(C)(C1CC2CC1C1CCCC21)C1CC2CC1C1CCCC21. The van der Waals surface area contributed by atoms with Gasteiger partial charge in [-0.2, -0.15) is 0 Å². The summed E-state index contributed by atoms with van der Waals surface area (Å²) in [5.74, 6) is 8.42. The first-order valence-electron chi connectivity index (χ1n) is 12.4. The molecule has 10 unspecified atom stereocenters. The summed E-state index contributed by atoms with van der Waals surface area (Å²) in [7, 11) is 0. The average molecular weight is 383 g/mol. The fourth-order valence-electron chi connectivity index (χ4n) is 10.2. The van der Waals surface area contributed by atoms with Gasteiger partial charge in [-0.25, -0.2) is 4.79 Å². The van der Waals surface area contributed by atoms with Gasteiger partial charge in [0.25, 0.3) is 0 Å². The van der Waals surface area contributed by atoms with E-state index in [9.17, 15) is 4.79 Å². The van der Waals surface area contributed by atoms with Crippen molar-refractivity contribution in [2.45, 2.75) is 83.7 Å². The maximum absolute atomic E-state index is 12.8. The van der Waals surface area contributed by atoms with Crippen molar-refractivity contribution in [3.05, 3.63) is 12.2 Å². The molecule has 28 heavy (non-hydrogen) atoms. The molecule has 154 valence electrons. The second kappa shape index (κ2) is 6.11. The van der Waals surface area contributed by atoms with Gasteiger partial charge in [-0.15, -0.1) is 0 Å². The minimum Gasteiger partial charge on any atom is -0.455 e. The topological polar surface area (TPSA) is 26.3 Å². The van der Waals surface area contributed by atoms with Gasteiger partial charge in [0.2, 0.25) is 0 Å².